The Morgan fingerprint density at radius 1 is 1.58 bits per heavy atom. The molecule has 7 heteroatoms. The molecule has 4 N–H and O–H groups in total. The molecule has 0 radical (unpaired) electrons. The van der Waals surface area contributed by atoms with Gasteiger partial charge in [-0.05, 0) is 12.8 Å². The number of aromatic nitrogens is 2. The predicted molar refractivity (Wildman–Crippen MR) is 71.5 cm³/mol. The topological polar surface area (TPSA) is 106 Å². The second-order valence-corrected chi connectivity index (χ2v) is 4.41. The van der Waals surface area contributed by atoms with Crippen molar-refractivity contribution in [2.24, 2.45) is 23.4 Å². The number of oxime groups is 1. The van der Waals surface area contributed by atoms with Crippen LogP contribution in [0.5, 0.6) is 0 Å². The average molecular weight is 267 g/mol. The molecule has 1 heterocycles. The number of amidine groups is 1. The molecule has 1 rings (SSSR count). The Bertz CT molecular complexity index is 462. The summed E-state index contributed by atoms with van der Waals surface area (Å²) in [6, 6.07) is 0. The van der Waals surface area contributed by atoms with Gasteiger partial charge < -0.3 is 20.8 Å². The smallest absolute Gasteiger partial charge is 0.234 e. The maximum Gasteiger partial charge on any atom is 0.234 e. The van der Waals surface area contributed by atoms with E-state index in [9.17, 15) is 4.79 Å². The molecule has 1 aromatic heterocycles. The first-order valence-electron chi connectivity index (χ1n) is 6.24. The van der Waals surface area contributed by atoms with Crippen molar-refractivity contribution in [1.29, 1.82) is 0 Å². The molecule has 0 fully saturated rings. The van der Waals surface area contributed by atoms with Gasteiger partial charge in [-0.2, -0.15) is 0 Å². The number of amides is 1. The van der Waals surface area contributed by atoms with E-state index in [1.54, 1.807) is 12.4 Å². The van der Waals surface area contributed by atoms with E-state index in [1.807, 2.05) is 25.5 Å². The van der Waals surface area contributed by atoms with E-state index in [2.05, 4.69) is 15.5 Å². The van der Waals surface area contributed by atoms with Crippen LogP contribution in [0.15, 0.2) is 17.5 Å². The Morgan fingerprint density at radius 2 is 2.21 bits per heavy atom. The highest BCUT2D eigenvalue weighted by Crippen LogP contribution is 2.27. The Balaban J connectivity index is 2.82. The maximum absolute atomic E-state index is 12.3. The summed E-state index contributed by atoms with van der Waals surface area (Å²) in [5, 5.41) is 14.6. The fraction of sp³-hybridized carbons (Fsp3) is 0.583. The summed E-state index contributed by atoms with van der Waals surface area (Å²) in [5.74, 6) is 0.430. The van der Waals surface area contributed by atoms with Crippen molar-refractivity contribution >= 4 is 11.7 Å². The van der Waals surface area contributed by atoms with Crippen LogP contribution in [-0.4, -0.2) is 26.5 Å². The van der Waals surface area contributed by atoms with Crippen molar-refractivity contribution in [3.63, 3.8) is 0 Å². The third kappa shape index (κ3) is 2.86. The monoisotopic (exact) mass is 267 g/mol. The molecule has 0 saturated heterocycles. The van der Waals surface area contributed by atoms with Crippen molar-refractivity contribution in [3.8, 4) is 0 Å². The number of nitrogens with one attached hydrogen (secondary N) is 1. The Labute approximate surface area is 112 Å². The lowest BCUT2D eigenvalue weighted by Crippen LogP contribution is -2.49. The molecule has 0 unspecified atom stereocenters. The van der Waals surface area contributed by atoms with Gasteiger partial charge in [0.15, 0.2) is 5.84 Å². The molecule has 0 aliphatic heterocycles. The van der Waals surface area contributed by atoms with Crippen molar-refractivity contribution in [3.05, 3.63) is 18.2 Å². The van der Waals surface area contributed by atoms with Crippen LogP contribution in [0, 0.1) is 5.41 Å². The zero-order valence-corrected chi connectivity index (χ0v) is 11.6. The van der Waals surface area contributed by atoms with E-state index in [0.29, 0.717) is 19.4 Å². The van der Waals surface area contributed by atoms with E-state index >= 15 is 0 Å². The highest BCUT2D eigenvalue weighted by Gasteiger charge is 2.39. The van der Waals surface area contributed by atoms with Crippen LogP contribution in [0.2, 0.25) is 0 Å². The molecule has 0 atom stereocenters. The first kappa shape index (κ1) is 15.0. The van der Waals surface area contributed by atoms with Crippen LogP contribution < -0.4 is 11.1 Å². The van der Waals surface area contributed by atoms with Crippen molar-refractivity contribution in [2.75, 3.05) is 0 Å². The first-order valence-corrected chi connectivity index (χ1v) is 6.24. The van der Waals surface area contributed by atoms with Crippen molar-refractivity contribution < 1.29 is 10.0 Å². The Hall–Kier alpha value is -2.05. The summed E-state index contributed by atoms with van der Waals surface area (Å²) in [5.41, 5.74) is 4.70. The first-order chi connectivity index (χ1) is 9.01. The van der Waals surface area contributed by atoms with Crippen LogP contribution in [-0.2, 0) is 18.4 Å². The van der Waals surface area contributed by atoms with Crippen LogP contribution >= 0.6 is 0 Å². The second kappa shape index (κ2) is 6.21. The summed E-state index contributed by atoms with van der Waals surface area (Å²) in [6.07, 6.45) is 4.40. The number of hydrogen-bond acceptors (Lipinski definition) is 4. The zero-order valence-electron chi connectivity index (χ0n) is 11.6. The summed E-state index contributed by atoms with van der Waals surface area (Å²) in [7, 11) is 1.85. The number of carbonyl (C=O) groups is 1. The van der Waals surface area contributed by atoms with Gasteiger partial charge in [0.05, 0.1) is 6.54 Å². The van der Waals surface area contributed by atoms with Crippen LogP contribution in [0.4, 0.5) is 0 Å². The lowest BCUT2D eigenvalue weighted by atomic mass is 9.80. The summed E-state index contributed by atoms with van der Waals surface area (Å²) >= 11 is 0. The minimum atomic E-state index is -0.972. The van der Waals surface area contributed by atoms with Gasteiger partial charge in [0, 0.05) is 19.4 Å². The van der Waals surface area contributed by atoms with Gasteiger partial charge in [0.25, 0.3) is 0 Å². The Morgan fingerprint density at radius 3 is 2.63 bits per heavy atom. The van der Waals surface area contributed by atoms with Gasteiger partial charge in [0.2, 0.25) is 5.91 Å². The van der Waals surface area contributed by atoms with E-state index in [4.69, 9.17) is 10.9 Å². The molecular formula is C12H21N5O2. The van der Waals surface area contributed by atoms with Gasteiger partial charge in [-0.3, -0.25) is 4.79 Å². The molecule has 0 saturated carbocycles. The number of nitrogens with zero attached hydrogens (tertiary/aromatic N) is 3. The minimum absolute atomic E-state index is 0.0603. The summed E-state index contributed by atoms with van der Waals surface area (Å²) in [6.45, 7) is 3.98. The SMILES string of the molecule is CCC(CC)(C(=O)NCc1nccn1C)C(N)=NO. The molecular weight excluding hydrogens is 246 g/mol. The molecule has 0 aliphatic carbocycles. The summed E-state index contributed by atoms with van der Waals surface area (Å²) < 4.78 is 1.82. The largest absolute Gasteiger partial charge is 0.409 e. The number of imidazole rings is 1. The van der Waals surface area contributed by atoms with Gasteiger partial charge in [-0.25, -0.2) is 4.98 Å². The molecule has 0 bridgehead atoms. The molecule has 1 amide bonds. The number of hydrogen-bond donors (Lipinski definition) is 3. The standard InChI is InChI=1S/C12H21N5O2/c1-4-12(5-2,10(13)16-19)11(18)15-8-9-14-6-7-17(9)3/h6-7,19H,4-5,8H2,1-3H3,(H2,13,16)(H,15,18). The van der Waals surface area contributed by atoms with E-state index in [0.717, 1.165) is 5.82 Å². The molecule has 0 spiro atoms. The van der Waals surface area contributed by atoms with E-state index in [1.165, 1.54) is 0 Å². The normalized spacial score (nSPS) is 12.5. The maximum atomic E-state index is 12.3. The molecule has 0 aromatic carbocycles. The third-order valence-electron chi connectivity index (χ3n) is 3.57. The molecule has 106 valence electrons. The van der Waals surface area contributed by atoms with Crippen LogP contribution in [0.3, 0.4) is 0 Å². The Kier molecular flexibility index (Phi) is 4.91. The van der Waals surface area contributed by atoms with Crippen molar-refractivity contribution in [2.45, 2.75) is 33.2 Å². The van der Waals surface area contributed by atoms with Crippen molar-refractivity contribution in [1.82, 2.24) is 14.9 Å². The number of carbonyl (C=O) groups excluding carboxylic acids is 1. The number of rotatable bonds is 6. The van der Waals surface area contributed by atoms with Gasteiger partial charge in [-0.15, -0.1) is 0 Å². The average Bonchev–Trinajstić information content (AvgIpc) is 2.83. The second-order valence-electron chi connectivity index (χ2n) is 4.41. The fourth-order valence-electron chi connectivity index (χ4n) is 2.04. The molecule has 19 heavy (non-hydrogen) atoms. The third-order valence-corrected chi connectivity index (χ3v) is 3.57. The lowest BCUT2D eigenvalue weighted by molar-refractivity contribution is -0.128. The molecule has 1 aromatic rings. The van der Waals surface area contributed by atoms with E-state index < -0.39 is 5.41 Å². The van der Waals surface area contributed by atoms with Gasteiger partial charge in [0.1, 0.15) is 11.2 Å². The predicted octanol–water partition coefficient (Wildman–Crippen LogP) is 0.589. The van der Waals surface area contributed by atoms with Crippen LogP contribution in [0.25, 0.3) is 0 Å². The molecule has 0 aliphatic rings. The fourth-order valence-corrected chi connectivity index (χ4v) is 2.04. The lowest BCUT2D eigenvalue weighted by Gasteiger charge is -2.28. The number of aryl methyl sites for hydroxylation is 1. The highest BCUT2D eigenvalue weighted by atomic mass is 16.4. The zero-order chi connectivity index (χ0) is 14.5. The summed E-state index contributed by atoms with van der Waals surface area (Å²) in [4.78, 5) is 16.4. The highest BCUT2D eigenvalue weighted by molar-refractivity contribution is 6.06. The molecule has 7 nitrogen and oxygen atoms in total. The van der Waals surface area contributed by atoms with Gasteiger partial charge in [-0.1, -0.05) is 19.0 Å². The quantitative estimate of drug-likeness (QED) is 0.303. The number of nitrogens with two attached hydrogens (primary N) is 1. The minimum Gasteiger partial charge on any atom is -0.409 e. The van der Waals surface area contributed by atoms with Crippen LogP contribution in [0.1, 0.15) is 32.5 Å². The van der Waals surface area contributed by atoms with E-state index in [-0.39, 0.29) is 11.7 Å². The van der Waals surface area contributed by atoms with Gasteiger partial charge >= 0.3 is 0 Å².